The molecule has 0 saturated carbocycles. The number of thiocarbonyl (C=S) groups is 1. The minimum Gasteiger partial charge on any atom is -0.486 e. The Balaban J connectivity index is 1.41. The number of hydrogen-bond acceptors (Lipinski definition) is 5. The van der Waals surface area contributed by atoms with Gasteiger partial charge in [0.25, 0.3) is 5.91 Å². The first-order valence-electron chi connectivity index (χ1n) is 8.53. The van der Waals surface area contributed by atoms with E-state index in [0.717, 1.165) is 0 Å². The van der Waals surface area contributed by atoms with Crippen molar-refractivity contribution in [1.29, 1.82) is 0 Å². The van der Waals surface area contributed by atoms with E-state index >= 15 is 0 Å². The second kappa shape index (κ2) is 8.32. The summed E-state index contributed by atoms with van der Waals surface area (Å²) in [5.41, 5.74) is 0.327. The molecule has 1 aliphatic heterocycles. The summed E-state index contributed by atoms with van der Waals surface area (Å²) in [6.45, 7) is 0.460. The number of nitrogens with zero attached hydrogens (tertiary/aromatic N) is 1. The molecule has 2 aromatic heterocycles. The van der Waals surface area contributed by atoms with Gasteiger partial charge in [0.05, 0.1) is 22.9 Å². The molecule has 0 spiro atoms. The standard InChI is InChI=1S/C20H14Cl2N2O4S/c21-16-6-5-12(8-17(16)22)27-11-15-4-3-13(28-15)9-18-19(25)24(20(29)23-18)10-14-2-1-7-26-14/h1-9H,10-11H2,(H,23,29)/b18-9+. The van der Waals surface area contributed by atoms with Crippen LogP contribution in [0, 0.1) is 0 Å². The van der Waals surface area contributed by atoms with Gasteiger partial charge in [-0.25, -0.2) is 0 Å². The number of rotatable bonds is 6. The van der Waals surface area contributed by atoms with Crippen molar-refractivity contribution in [2.24, 2.45) is 0 Å². The molecule has 4 rings (SSSR count). The monoisotopic (exact) mass is 448 g/mol. The summed E-state index contributed by atoms with van der Waals surface area (Å²) in [6.07, 6.45) is 3.15. The summed E-state index contributed by atoms with van der Waals surface area (Å²) in [5.74, 6) is 2.04. The van der Waals surface area contributed by atoms with E-state index in [0.29, 0.717) is 43.9 Å². The first-order valence-corrected chi connectivity index (χ1v) is 9.69. The van der Waals surface area contributed by atoms with Crippen LogP contribution in [0.4, 0.5) is 0 Å². The van der Waals surface area contributed by atoms with Crippen LogP contribution in [0.2, 0.25) is 10.0 Å². The molecule has 0 atom stereocenters. The van der Waals surface area contributed by atoms with Gasteiger partial charge < -0.3 is 18.9 Å². The van der Waals surface area contributed by atoms with E-state index in [9.17, 15) is 4.79 Å². The molecular weight excluding hydrogens is 435 g/mol. The third-order valence-corrected chi connectivity index (χ3v) is 5.16. The average Bonchev–Trinajstić information content (AvgIpc) is 3.42. The van der Waals surface area contributed by atoms with Crippen molar-refractivity contribution in [3.8, 4) is 5.75 Å². The Morgan fingerprint density at radius 2 is 2.00 bits per heavy atom. The van der Waals surface area contributed by atoms with Crippen LogP contribution in [0.5, 0.6) is 5.75 Å². The molecule has 3 heterocycles. The van der Waals surface area contributed by atoms with E-state index < -0.39 is 0 Å². The fourth-order valence-electron chi connectivity index (χ4n) is 2.69. The smallest absolute Gasteiger partial charge is 0.277 e. The number of nitrogens with one attached hydrogen (secondary N) is 1. The van der Waals surface area contributed by atoms with Crippen LogP contribution in [0.1, 0.15) is 17.3 Å². The summed E-state index contributed by atoms with van der Waals surface area (Å²) in [5, 5.41) is 4.08. The molecule has 0 unspecified atom stereocenters. The number of carbonyl (C=O) groups excluding carboxylic acids is 1. The van der Waals surface area contributed by atoms with Gasteiger partial charge in [-0.15, -0.1) is 0 Å². The van der Waals surface area contributed by atoms with Crippen molar-refractivity contribution < 1.29 is 18.4 Å². The summed E-state index contributed by atoms with van der Waals surface area (Å²) >= 11 is 17.1. The fraction of sp³-hybridized carbons (Fsp3) is 0.100. The van der Waals surface area contributed by atoms with Gasteiger partial charge in [0.1, 0.15) is 35.3 Å². The molecule has 0 bridgehead atoms. The van der Waals surface area contributed by atoms with Crippen LogP contribution >= 0.6 is 35.4 Å². The van der Waals surface area contributed by atoms with Crippen LogP contribution in [0.3, 0.4) is 0 Å². The maximum Gasteiger partial charge on any atom is 0.277 e. The van der Waals surface area contributed by atoms with Gasteiger partial charge in [-0.2, -0.15) is 0 Å². The number of ether oxygens (including phenoxy) is 1. The quantitative estimate of drug-likeness (QED) is 0.421. The molecule has 1 fully saturated rings. The van der Waals surface area contributed by atoms with Gasteiger partial charge in [0, 0.05) is 12.1 Å². The van der Waals surface area contributed by atoms with Crippen molar-refractivity contribution in [1.82, 2.24) is 10.2 Å². The maximum atomic E-state index is 12.6. The number of amides is 1. The third-order valence-electron chi connectivity index (χ3n) is 4.10. The molecule has 1 amide bonds. The lowest BCUT2D eigenvalue weighted by Crippen LogP contribution is -2.29. The third kappa shape index (κ3) is 4.48. The molecule has 29 heavy (non-hydrogen) atoms. The number of halogens is 2. The van der Waals surface area contributed by atoms with Crippen LogP contribution < -0.4 is 10.1 Å². The molecule has 1 saturated heterocycles. The first-order chi connectivity index (χ1) is 14.0. The summed E-state index contributed by atoms with van der Waals surface area (Å²) in [4.78, 5) is 14.0. The van der Waals surface area contributed by atoms with Crippen molar-refractivity contribution in [3.63, 3.8) is 0 Å². The molecular formula is C20H14Cl2N2O4S. The van der Waals surface area contributed by atoms with Gasteiger partial charge in [-0.1, -0.05) is 23.2 Å². The zero-order valence-electron chi connectivity index (χ0n) is 14.9. The highest BCUT2D eigenvalue weighted by molar-refractivity contribution is 7.80. The van der Waals surface area contributed by atoms with Crippen LogP contribution in [-0.2, 0) is 17.9 Å². The number of furan rings is 2. The molecule has 0 aliphatic carbocycles. The minimum atomic E-state index is -0.253. The Bertz CT molecular complexity index is 1090. The second-order valence-electron chi connectivity index (χ2n) is 6.13. The molecule has 6 nitrogen and oxygen atoms in total. The molecule has 1 N–H and O–H groups in total. The predicted octanol–water partition coefficient (Wildman–Crippen LogP) is 5.02. The molecule has 148 valence electrons. The van der Waals surface area contributed by atoms with Gasteiger partial charge in [-0.3, -0.25) is 9.69 Å². The highest BCUT2D eigenvalue weighted by atomic mass is 35.5. The first kappa shape index (κ1) is 19.6. The Morgan fingerprint density at radius 3 is 2.76 bits per heavy atom. The zero-order chi connectivity index (χ0) is 20.4. The molecule has 9 heteroatoms. The lowest BCUT2D eigenvalue weighted by Gasteiger charge is -2.11. The SMILES string of the molecule is O=C1/C(=C\c2ccc(COc3ccc(Cl)c(Cl)c3)o2)NC(=S)N1Cc1ccco1. The van der Waals surface area contributed by atoms with E-state index in [1.54, 1.807) is 54.8 Å². The molecule has 1 aromatic carbocycles. The summed E-state index contributed by atoms with van der Waals surface area (Å²) in [6, 6.07) is 12.1. The Labute approximate surface area is 181 Å². The van der Waals surface area contributed by atoms with E-state index in [-0.39, 0.29) is 19.1 Å². The van der Waals surface area contributed by atoms with Gasteiger partial charge >= 0.3 is 0 Å². The Morgan fingerprint density at radius 1 is 1.14 bits per heavy atom. The lowest BCUT2D eigenvalue weighted by molar-refractivity contribution is -0.122. The molecule has 0 radical (unpaired) electrons. The topological polar surface area (TPSA) is 67.8 Å². The lowest BCUT2D eigenvalue weighted by atomic mass is 10.3. The van der Waals surface area contributed by atoms with Crippen LogP contribution in [0.15, 0.2) is 63.3 Å². The largest absolute Gasteiger partial charge is 0.486 e. The minimum absolute atomic E-state index is 0.200. The molecule has 3 aromatic rings. The maximum absolute atomic E-state index is 12.6. The van der Waals surface area contributed by atoms with Crippen molar-refractivity contribution >= 4 is 52.5 Å². The van der Waals surface area contributed by atoms with E-state index in [2.05, 4.69) is 5.32 Å². The van der Waals surface area contributed by atoms with Crippen LogP contribution in [0.25, 0.3) is 6.08 Å². The number of carbonyl (C=O) groups is 1. The normalized spacial score (nSPS) is 15.2. The Kier molecular flexibility index (Phi) is 5.62. The van der Waals surface area contributed by atoms with Gasteiger partial charge in [0.15, 0.2) is 5.11 Å². The number of hydrogen-bond donors (Lipinski definition) is 1. The zero-order valence-corrected chi connectivity index (χ0v) is 17.2. The van der Waals surface area contributed by atoms with Crippen molar-refractivity contribution in [2.75, 3.05) is 0 Å². The van der Waals surface area contributed by atoms with E-state index in [1.807, 2.05) is 0 Å². The Hall–Kier alpha value is -2.74. The van der Waals surface area contributed by atoms with Gasteiger partial charge in [-0.05, 0) is 48.6 Å². The van der Waals surface area contributed by atoms with Crippen molar-refractivity contribution in [2.45, 2.75) is 13.2 Å². The number of benzene rings is 1. The molecule has 1 aliphatic rings. The van der Waals surface area contributed by atoms with Crippen molar-refractivity contribution in [3.05, 3.63) is 81.8 Å². The van der Waals surface area contributed by atoms with Crippen LogP contribution in [-0.4, -0.2) is 15.9 Å². The van der Waals surface area contributed by atoms with Gasteiger partial charge in [0.2, 0.25) is 0 Å². The van der Waals surface area contributed by atoms with E-state index in [1.165, 1.54) is 4.90 Å². The second-order valence-corrected chi connectivity index (χ2v) is 7.33. The predicted molar refractivity (Wildman–Crippen MR) is 112 cm³/mol. The van der Waals surface area contributed by atoms with E-state index in [4.69, 9.17) is 49.0 Å². The summed E-state index contributed by atoms with van der Waals surface area (Å²) < 4.78 is 16.6. The fourth-order valence-corrected chi connectivity index (χ4v) is 3.23. The highest BCUT2D eigenvalue weighted by Gasteiger charge is 2.31. The average molecular weight is 449 g/mol. The summed E-state index contributed by atoms with van der Waals surface area (Å²) in [7, 11) is 0. The highest BCUT2D eigenvalue weighted by Crippen LogP contribution is 2.27.